The topological polar surface area (TPSA) is 136 Å². The Morgan fingerprint density at radius 1 is 0.689 bits per heavy atom. The first-order valence-electron chi connectivity index (χ1n) is 14.3. The summed E-state index contributed by atoms with van der Waals surface area (Å²) in [5.41, 5.74) is 14.6. The van der Waals surface area contributed by atoms with Gasteiger partial charge < -0.3 is 24.8 Å². The number of fused-ring (bicyclic) bond motifs is 2. The maximum Gasteiger partial charge on any atom is 0.255 e. The summed E-state index contributed by atoms with van der Waals surface area (Å²) in [5.74, 6) is 0.847. The van der Waals surface area contributed by atoms with Crippen molar-refractivity contribution in [3.8, 4) is 22.9 Å². The third kappa shape index (κ3) is 6.65. The van der Waals surface area contributed by atoms with E-state index >= 15 is 0 Å². The second-order valence-corrected chi connectivity index (χ2v) is 10.7. The molecule has 0 saturated heterocycles. The van der Waals surface area contributed by atoms with Gasteiger partial charge in [-0.3, -0.25) is 4.79 Å². The van der Waals surface area contributed by atoms with Gasteiger partial charge in [0, 0.05) is 59.2 Å². The highest BCUT2D eigenvalue weighted by Crippen LogP contribution is 2.27. The van der Waals surface area contributed by atoms with Gasteiger partial charge in [-0.05, 0) is 92.7 Å². The second kappa shape index (κ2) is 12.3. The molecule has 0 aliphatic carbocycles. The maximum atomic E-state index is 12.6. The Kier molecular flexibility index (Phi) is 7.94. The lowest BCUT2D eigenvalue weighted by Crippen LogP contribution is -2.14. The van der Waals surface area contributed by atoms with Crippen LogP contribution in [-0.2, 0) is 0 Å². The lowest BCUT2D eigenvalue weighted by Gasteiger charge is -2.13. The van der Waals surface area contributed by atoms with Crippen LogP contribution in [0.15, 0.2) is 106 Å². The summed E-state index contributed by atoms with van der Waals surface area (Å²) in [6.45, 7) is 3.84. The van der Waals surface area contributed by atoms with E-state index in [1.165, 1.54) is 0 Å². The first kappa shape index (κ1) is 29.1. The summed E-state index contributed by atoms with van der Waals surface area (Å²) >= 11 is 0. The van der Waals surface area contributed by atoms with E-state index in [9.17, 15) is 4.79 Å². The molecule has 0 aliphatic heterocycles. The Bertz CT molecular complexity index is 2150. The van der Waals surface area contributed by atoms with Crippen LogP contribution in [-0.4, -0.2) is 39.9 Å². The summed E-state index contributed by atoms with van der Waals surface area (Å²) in [7, 11) is 3.88. The third-order valence-electron chi connectivity index (χ3n) is 6.91. The lowest BCUT2D eigenvalue weighted by atomic mass is 10.1. The van der Waals surface area contributed by atoms with E-state index in [2.05, 4.69) is 25.3 Å². The van der Waals surface area contributed by atoms with Gasteiger partial charge >= 0.3 is 0 Å². The van der Waals surface area contributed by atoms with E-state index < -0.39 is 0 Å². The van der Waals surface area contributed by atoms with Gasteiger partial charge in [-0.15, -0.1) is 0 Å². The molecule has 7 aromatic rings. The van der Waals surface area contributed by atoms with Crippen LogP contribution in [0.3, 0.4) is 0 Å². The van der Waals surface area contributed by atoms with Gasteiger partial charge in [0.2, 0.25) is 11.8 Å². The molecule has 224 valence electrons. The van der Waals surface area contributed by atoms with Crippen molar-refractivity contribution in [2.45, 2.75) is 13.8 Å². The minimum Gasteiger partial charge on any atom is -0.434 e. The van der Waals surface area contributed by atoms with Crippen molar-refractivity contribution in [3.05, 3.63) is 114 Å². The number of aryl methyl sites for hydroxylation is 2. The average molecular weight is 598 g/mol. The number of anilines is 3. The average Bonchev–Trinajstić information content (AvgIpc) is 3.65. The Hall–Kier alpha value is -6.03. The molecule has 0 saturated carbocycles. The number of aromatic nitrogens is 4. The molecule has 7 rings (SSSR count). The molecule has 4 aromatic heterocycles. The molecule has 0 aliphatic rings. The number of oxazole rings is 2. The highest BCUT2D eigenvalue weighted by atomic mass is 16.4. The molecule has 4 heterocycles. The van der Waals surface area contributed by atoms with Crippen molar-refractivity contribution < 1.29 is 13.6 Å². The van der Waals surface area contributed by atoms with E-state index in [1.54, 1.807) is 6.07 Å². The monoisotopic (exact) mass is 597 g/mol. The molecule has 10 nitrogen and oxygen atoms in total. The van der Waals surface area contributed by atoms with Crippen molar-refractivity contribution in [2.24, 2.45) is 0 Å². The van der Waals surface area contributed by atoms with Crippen molar-refractivity contribution in [3.63, 3.8) is 0 Å². The molecule has 0 radical (unpaired) electrons. The maximum absolute atomic E-state index is 12.6. The molecular formula is C35H31N7O3. The number of amides is 1. The lowest BCUT2D eigenvalue weighted by molar-refractivity contribution is 0.102. The van der Waals surface area contributed by atoms with Crippen LogP contribution in [0.2, 0.25) is 0 Å². The van der Waals surface area contributed by atoms with E-state index in [1.807, 2.05) is 124 Å². The minimum atomic E-state index is -0.171. The number of nitrogen functional groups attached to an aromatic ring is 1. The Labute approximate surface area is 259 Å². The smallest absolute Gasteiger partial charge is 0.255 e. The van der Waals surface area contributed by atoms with Crippen LogP contribution in [0.5, 0.6) is 0 Å². The second-order valence-electron chi connectivity index (χ2n) is 10.7. The summed E-state index contributed by atoms with van der Waals surface area (Å²) in [5, 5.41) is 2.93. The zero-order chi connectivity index (χ0) is 31.5. The fraction of sp³-hybridized carbons (Fsp3) is 0.114. The molecule has 1 amide bonds. The van der Waals surface area contributed by atoms with Gasteiger partial charge in [0.05, 0.1) is 0 Å². The predicted molar refractivity (Wildman–Crippen MR) is 177 cm³/mol. The largest absolute Gasteiger partial charge is 0.434 e. The van der Waals surface area contributed by atoms with Crippen molar-refractivity contribution in [1.82, 2.24) is 19.9 Å². The number of hydrogen-bond donors (Lipinski definition) is 2. The number of pyridine rings is 2. The first-order chi connectivity index (χ1) is 21.7. The molecular weight excluding hydrogens is 566 g/mol. The number of rotatable bonds is 5. The molecule has 0 bridgehead atoms. The molecule has 45 heavy (non-hydrogen) atoms. The first-order valence-corrected chi connectivity index (χ1v) is 14.3. The number of nitrogens with zero attached hydrogens (tertiary/aromatic N) is 5. The van der Waals surface area contributed by atoms with Gasteiger partial charge in [-0.25, -0.2) is 9.97 Å². The fourth-order valence-corrected chi connectivity index (χ4v) is 4.60. The van der Waals surface area contributed by atoms with Crippen LogP contribution in [0.1, 0.15) is 21.7 Å². The third-order valence-corrected chi connectivity index (χ3v) is 6.91. The van der Waals surface area contributed by atoms with Crippen molar-refractivity contribution in [2.75, 3.05) is 30.0 Å². The minimum absolute atomic E-state index is 0.171. The zero-order valence-corrected chi connectivity index (χ0v) is 25.3. The van der Waals surface area contributed by atoms with E-state index in [0.29, 0.717) is 51.2 Å². The zero-order valence-electron chi connectivity index (χ0n) is 25.3. The van der Waals surface area contributed by atoms with Crippen LogP contribution in [0.25, 0.3) is 45.4 Å². The Balaban J connectivity index is 0.000000179. The highest BCUT2D eigenvalue weighted by Gasteiger charge is 2.13. The molecule has 0 unspecified atom stereocenters. The Morgan fingerprint density at radius 3 is 1.87 bits per heavy atom. The summed E-state index contributed by atoms with van der Waals surface area (Å²) in [4.78, 5) is 32.1. The van der Waals surface area contributed by atoms with Crippen LogP contribution in [0.4, 0.5) is 17.1 Å². The molecule has 3 N–H and O–H groups in total. The molecule has 10 heteroatoms. The summed E-state index contributed by atoms with van der Waals surface area (Å²) in [6.07, 6.45) is 0. The number of carbonyl (C=O) groups is 1. The van der Waals surface area contributed by atoms with Crippen LogP contribution >= 0.6 is 0 Å². The van der Waals surface area contributed by atoms with E-state index in [0.717, 1.165) is 28.2 Å². The van der Waals surface area contributed by atoms with Crippen molar-refractivity contribution >= 4 is 45.4 Å². The molecule has 0 spiro atoms. The predicted octanol–water partition coefficient (Wildman–Crippen LogP) is 7.30. The number of hydrogen-bond acceptors (Lipinski definition) is 9. The SMILES string of the molecule is Cc1ccc2oc(-c3cccc(N)c3)nc2n1.Cc1ccc2oc(-c3cccc(NC(=O)c4cccc(N(C)C)c4)c3)nc2n1. The summed E-state index contributed by atoms with van der Waals surface area (Å²) < 4.78 is 11.4. The highest BCUT2D eigenvalue weighted by molar-refractivity contribution is 6.05. The van der Waals surface area contributed by atoms with Crippen LogP contribution < -0.4 is 16.0 Å². The number of carbonyl (C=O) groups excluding carboxylic acids is 1. The number of nitrogens with one attached hydrogen (secondary N) is 1. The quantitative estimate of drug-likeness (QED) is 0.196. The molecule has 3 aromatic carbocycles. The van der Waals surface area contributed by atoms with Crippen molar-refractivity contribution in [1.29, 1.82) is 0 Å². The van der Waals surface area contributed by atoms with E-state index in [-0.39, 0.29) is 5.91 Å². The number of benzene rings is 3. The molecule has 0 fully saturated rings. The van der Waals surface area contributed by atoms with Gasteiger partial charge in [0.25, 0.3) is 5.91 Å². The number of nitrogens with two attached hydrogens (primary N) is 1. The fourth-order valence-electron chi connectivity index (χ4n) is 4.60. The Morgan fingerprint density at radius 2 is 1.27 bits per heavy atom. The standard InChI is InChI=1S/C22H20N4O2.C13H11N3O/c1-14-10-11-19-20(23-14)25-22(28-19)16-7-4-8-17(12-16)24-21(27)15-6-5-9-18(13-15)26(2)3;1-8-5-6-11-12(15-8)16-13(17-11)9-3-2-4-10(14)7-9/h4-13H,1-3H3,(H,24,27);2-7H,14H2,1H3. The molecule has 0 atom stereocenters. The van der Waals surface area contributed by atoms with Gasteiger partial charge in [-0.1, -0.05) is 18.2 Å². The normalized spacial score (nSPS) is 10.8. The van der Waals surface area contributed by atoms with Gasteiger partial charge in [0.1, 0.15) is 0 Å². The van der Waals surface area contributed by atoms with Crippen LogP contribution in [0, 0.1) is 13.8 Å². The van der Waals surface area contributed by atoms with Gasteiger partial charge in [-0.2, -0.15) is 9.97 Å². The van der Waals surface area contributed by atoms with Gasteiger partial charge in [0.15, 0.2) is 22.5 Å². The van der Waals surface area contributed by atoms with E-state index in [4.69, 9.17) is 14.6 Å². The summed E-state index contributed by atoms with van der Waals surface area (Å²) in [6, 6.07) is 29.9.